The molecule has 0 aliphatic heterocycles. The molecule has 92 valence electrons. The Labute approximate surface area is 97.6 Å². The summed E-state index contributed by atoms with van der Waals surface area (Å²) in [5, 5.41) is 3.89. The molecule has 5 heteroatoms. The number of nitrogens with zero attached hydrogens (tertiary/aromatic N) is 2. The molecule has 0 bridgehead atoms. The van der Waals surface area contributed by atoms with Gasteiger partial charge in [0.1, 0.15) is 4.90 Å². The Balaban J connectivity index is 3.48. The Morgan fingerprint density at radius 3 is 1.94 bits per heavy atom. The van der Waals surface area contributed by atoms with E-state index in [0.29, 0.717) is 10.6 Å². The van der Waals surface area contributed by atoms with Crippen molar-refractivity contribution < 1.29 is 8.42 Å². The van der Waals surface area contributed by atoms with Gasteiger partial charge in [-0.15, -0.1) is 0 Å². The third-order valence-electron chi connectivity index (χ3n) is 2.65. The molecule has 0 atom stereocenters. The van der Waals surface area contributed by atoms with Crippen LogP contribution in [0.2, 0.25) is 0 Å². The predicted molar refractivity (Wildman–Crippen MR) is 64.4 cm³/mol. The predicted octanol–water partition coefficient (Wildman–Crippen LogP) is 2.26. The van der Waals surface area contributed by atoms with E-state index >= 15 is 0 Å². The van der Waals surface area contributed by atoms with Crippen molar-refractivity contribution in [3.8, 4) is 0 Å². The summed E-state index contributed by atoms with van der Waals surface area (Å²) in [6.07, 6.45) is 0. The monoisotopic (exact) mass is 244 g/mol. The van der Waals surface area contributed by atoms with E-state index in [-0.39, 0.29) is 6.04 Å². The van der Waals surface area contributed by atoms with Crippen LogP contribution >= 0.6 is 0 Å². The van der Waals surface area contributed by atoms with Crippen LogP contribution in [-0.2, 0) is 9.84 Å². The van der Waals surface area contributed by atoms with Crippen molar-refractivity contribution in [1.29, 1.82) is 0 Å². The molecule has 0 aromatic carbocycles. The van der Waals surface area contributed by atoms with E-state index in [9.17, 15) is 8.42 Å². The molecular weight excluding hydrogens is 224 g/mol. The highest BCUT2D eigenvalue weighted by atomic mass is 32.2. The molecule has 0 amide bonds. The summed E-state index contributed by atoms with van der Waals surface area (Å²) in [7, 11) is -3.23. The first-order valence-electron chi connectivity index (χ1n) is 5.49. The number of rotatable bonds is 3. The smallest absolute Gasteiger partial charge is 0.184 e. The SMILES string of the molecule is Cc1nn(C(C)C)c(C)c1S(=O)(=O)C(C)C. The van der Waals surface area contributed by atoms with Crippen molar-refractivity contribution in [1.82, 2.24) is 9.78 Å². The summed E-state index contributed by atoms with van der Waals surface area (Å²) < 4.78 is 26.1. The van der Waals surface area contributed by atoms with E-state index in [0.717, 1.165) is 5.69 Å². The van der Waals surface area contributed by atoms with Crippen molar-refractivity contribution >= 4 is 9.84 Å². The molecule has 0 radical (unpaired) electrons. The lowest BCUT2D eigenvalue weighted by atomic mass is 10.3. The molecule has 0 spiro atoms. The van der Waals surface area contributed by atoms with Gasteiger partial charge in [-0.2, -0.15) is 5.10 Å². The standard InChI is InChI=1S/C11H20N2O2S/c1-7(2)13-10(6)11(9(5)12-13)16(14,15)8(3)4/h7-8H,1-6H3. The maximum Gasteiger partial charge on any atom is 0.184 e. The second kappa shape index (κ2) is 4.20. The van der Waals surface area contributed by atoms with Gasteiger partial charge < -0.3 is 0 Å². The van der Waals surface area contributed by atoms with Crippen LogP contribution < -0.4 is 0 Å². The zero-order valence-corrected chi connectivity index (χ0v) is 11.6. The van der Waals surface area contributed by atoms with Gasteiger partial charge in [0.25, 0.3) is 0 Å². The van der Waals surface area contributed by atoms with Crippen LogP contribution in [0.25, 0.3) is 0 Å². The van der Waals surface area contributed by atoms with Crippen molar-refractivity contribution in [3.63, 3.8) is 0 Å². The van der Waals surface area contributed by atoms with Crippen LogP contribution in [0, 0.1) is 13.8 Å². The number of hydrogen-bond donors (Lipinski definition) is 0. The minimum absolute atomic E-state index is 0.176. The number of aromatic nitrogens is 2. The largest absolute Gasteiger partial charge is 0.266 e. The lowest BCUT2D eigenvalue weighted by Gasteiger charge is -2.10. The maximum absolute atomic E-state index is 12.2. The highest BCUT2D eigenvalue weighted by molar-refractivity contribution is 7.92. The molecule has 0 fully saturated rings. The van der Waals surface area contributed by atoms with Gasteiger partial charge in [-0.3, -0.25) is 4.68 Å². The molecular formula is C11H20N2O2S. The third-order valence-corrected chi connectivity index (χ3v) is 5.05. The molecule has 0 unspecified atom stereocenters. The van der Waals surface area contributed by atoms with Gasteiger partial charge in [-0.1, -0.05) is 0 Å². The molecule has 4 nitrogen and oxygen atoms in total. The fourth-order valence-corrected chi connectivity index (χ4v) is 3.23. The second-order valence-corrected chi connectivity index (χ2v) is 7.07. The molecule has 1 aromatic heterocycles. The van der Waals surface area contributed by atoms with E-state index in [1.54, 1.807) is 25.5 Å². The summed E-state index contributed by atoms with van der Waals surface area (Å²) >= 11 is 0. The highest BCUT2D eigenvalue weighted by Gasteiger charge is 2.27. The fraction of sp³-hybridized carbons (Fsp3) is 0.727. The van der Waals surface area contributed by atoms with Gasteiger partial charge in [0.2, 0.25) is 0 Å². The van der Waals surface area contributed by atoms with Gasteiger partial charge in [-0.25, -0.2) is 8.42 Å². The average Bonchev–Trinajstić information content (AvgIpc) is 2.41. The summed E-state index contributed by atoms with van der Waals surface area (Å²) in [5.41, 5.74) is 1.33. The quantitative estimate of drug-likeness (QED) is 0.819. The maximum atomic E-state index is 12.2. The topological polar surface area (TPSA) is 52.0 Å². The van der Waals surface area contributed by atoms with Crippen LogP contribution in [0.5, 0.6) is 0 Å². The number of hydrogen-bond acceptors (Lipinski definition) is 3. The van der Waals surface area contributed by atoms with Crippen LogP contribution in [0.1, 0.15) is 45.1 Å². The molecule has 0 saturated heterocycles. The van der Waals surface area contributed by atoms with E-state index in [4.69, 9.17) is 0 Å². The average molecular weight is 244 g/mol. The van der Waals surface area contributed by atoms with E-state index in [1.165, 1.54) is 0 Å². The van der Waals surface area contributed by atoms with Crippen molar-refractivity contribution in [3.05, 3.63) is 11.4 Å². The fourth-order valence-electron chi connectivity index (χ4n) is 1.80. The van der Waals surface area contributed by atoms with Gasteiger partial charge in [0, 0.05) is 6.04 Å². The second-order valence-electron chi connectivity index (χ2n) is 4.63. The molecule has 1 aromatic rings. The molecule has 0 N–H and O–H groups in total. The van der Waals surface area contributed by atoms with Gasteiger partial charge in [-0.05, 0) is 41.5 Å². The third kappa shape index (κ3) is 2.00. The summed E-state index contributed by atoms with van der Waals surface area (Å²) in [6, 6.07) is 0.176. The minimum Gasteiger partial charge on any atom is -0.266 e. The Kier molecular flexibility index (Phi) is 3.47. The normalized spacial score (nSPS) is 12.8. The first-order valence-corrected chi connectivity index (χ1v) is 7.03. The molecule has 16 heavy (non-hydrogen) atoms. The van der Waals surface area contributed by atoms with Gasteiger partial charge in [0.15, 0.2) is 9.84 Å². The van der Waals surface area contributed by atoms with E-state index in [1.807, 2.05) is 20.8 Å². The van der Waals surface area contributed by atoms with Crippen LogP contribution in [-0.4, -0.2) is 23.4 Å². The van der Waals surface area contributed by atoms with E-state index < -0.39 is 15.1 Å². The highest BCUT2D eigenvalue weighted by Crippen LogP contribution is 2.25. The zero-order chi connectivity index (χ0) is 12.7. The Bertz CT molecular complexity index is 484. The molecule has 0 aliphatic rings. The number of aryl methyl sites for hydroxylation is 1. The first kappa shape index (κ1) is 13.2. The first-order chi connectivity index (χ1) is 7.19. The Morgan fingerprint density at radius 1 is 1.12 bits per heavy atom. The lowest BCUT2D eigenvalue weighted by molar-refractivity contribution is 0.514. The van der Waals surface area contributed by atoms with Crippen molar-refractivity contribution in [2.24, 2.45) is 0 Å². The van der Waals surface area contributed by atoms with Gasteiger partial charge >= 0.3 is 0 Å². The molecule has 0 saturated carbocycles. The lowest BCUT2D eigenvalue weighted by Crippen LogP contribution is -2.16. The van der Waals surface area contributed by atoms with Crippen molar-refractivity contribution in [2.45, 2.75) is 57.7 Å². The van der Waals surface area contributed by atoms with Crippen LogP contribution in [0.3, 0.4) is 0 Å². The molecule has 0 aliphatic carbocycles. The minimum atomic E-state index is -3.23. The zero-order valence-electron chi connectivity index (χ0n) is 10.8. The van der Waals surface area contributed by atoms with Crippen LogP contribution in [0.15, 0.2) is 4.90 Å². The van der Waals surface area contributed by atoms with E-state index in [2.05, 4.69) is 5.10 Å². The summed E-state index contributed by atoms with van der Waals surface area (Å²) in [5.74, 6) is 0. The number of sulfone groups is 1. The summed E-state index contributed by atoms with van der Waals surface area (Å²) in [4.78, 5) is 0.399. The van der Waals surface area contributed by atoms with Crippen molar-refractivity contribution in [2.75, 3.05) is 0 Å². The summed E-state index contributed by atoms with van der Waals surface area (Å²) in [6.45, 7) is 10.9. The Hall–Kier alpha value is -0.840. The Morgan fingerprint density at radius 2 is 1.62 bits per heavy atom. The van der Waals surface area contributed by atoms with Crippen LogP contribution in [0.4, 0.5) is 0 Å². The van der Waals surface area contributed by atoms with Gasteiger partial charge in [0.05, 0.1) is 16.6 Å². The molecule has 1 heterocycles. The molecule has 1 rings (SSSR count).